The maximum absolute atomic E-state index is 11.6. The van der Waals surface area contributed by atoms with Crippen molar-refractivity contribution < 1.29 is 14.3 Å². The van der Waals surface area contributed by atoms with Gasteiger partial charge in [0.1, 0.15) is 0 Å². The molecule has 2 aliphatic heterocycles. The van der Waals surface area contributed by atoms with Gasteiger partial charge in [-0.05, 0) is 38.9 Å². The van der Waals surface area contributed by atoms with Crippen LogP contribution in [-0.2, 0) is 9.47 Å². The third-order valence-electron chi connectivity index (χ3n) is 6.25. The van der Waals surface area contributed by atoms with E-state index < -0.39 is 0 Å². The normalized spacial score (nSPS) is 18.1. The van der Waals surface area contributed by atoms with E-state index in [1.54, 1.807) is 7.05 Å². The molecule has 0 radical (unpaired) electrons. The van der Waals surface area contributed by atoms with Crippen molar-refractivity contribution in [3.63, 3.8) is 0 Å². The molecule has 2 aliphatic rings. The Morgan fingerprint density at radius 3 is 2.47 bits per heavy atom. The second-order valence-corrected chi connectivity index (χ2v) is 8.44. The molecule has 0 spiro atoms. The van der Waals surface area contributed by atoms with Crippen LogP contribution in [0.5, 0.6) is 0 Å². The molecule has 1 aromatic carbocycles. The molecule has 36 heavy (non-hydrogen) atoms. The standard InChI is InChI=1S/C23H29N7O3.CH5N.ClH/c1-15-14-33-12-9-29(15)22-27-20(16-3-5-17(6-4-16)26-23(31)24-2)19-13-25-30(21(19)28-22)18-7-10-32-11-8-18;1-2;/h3-6,13,15,18H,7-12,14H2,1-2H3,(H2,24,26,31);2H2,1H3;1H/t15-;;/m0../s1. The number of nitrogens with two attached hydrogens (primary N) is 1. The van der Waals surface area contributed by atoms with Crippen LogP contribution in [0.4, 0.5) is 16.4 Å². The molecule has 2 fully saturated rings. The highest BCUT2D eigenvalue weighted by Gasteiger charge is 2.26. The zero-order valence-electron chi connectivity index (χ0n) is 20.9. The Hall–Kier alpha value is -2.99. The van der Waals surface area contributed by atoms with Crippen molar-refractivity contribution in [2.75, 3.05) is 57.3 Å². The first-order valence-corrected chi connectivity index (χ1v) is 12.0. The Balaban J connectivity index is 0.00000117. The summed E-state index contributed by atoms with van der Waals surface area (Å²) in [5.74, 6) is 0.690. The van der Waals surface area contributed by atoms with E-state index in [2.05, 4.69) is 28.2 Å². The number of carbonyl (C=O) groups excluding carboxylic acids is 1. The lowest BCUT2D eigenvalue weighted by atomic mass is 10.1. The van der Waals surface area contributed by atoms with Gasteiger partial charge in [-0.25, -0.2) is 14.5 Å². The summed E-state index contributed by atoms with van der Waals surface area (Å²) < 4.78 is 13.2. The number of amides is 2. The molecular weight excluding hydrogens is 484 g/mol. The highest BCUT2D eigenvalue weighted by Crippen LogP contribution is 2.32. The van der Waals surface area contributed by atoms with Gasteiger partial charge in [0, 0.05) is 38.1 Å². The predicted octanol–water partition coefficient (Wildman–Crippen LogP) is 2.82. The molecule has 196 valence electrons. The number of aromatic nitrogens is 4. The van der Waals surface area contributed by atoms with Crippen LogP contribution in [0.2, 0.25) is 0 Å². The Labute approximate surface area is 217 Å². The van der Waals surface area contributed by atoms with Gasteiger partial charge in [0.2, 0.25) is 5.95 Å². The number of nitrogens with zero attached hydrogens (tertiary/aromatic N) is 5. The summed E-state index contributed by atoms with van der Waals surface area (Å²) in [5, 5.41) is 11.0. The van der Waals surface area contributed by atoms with E-state index in [-0.39, 0.29) is 30.5 Å². The van der Waals surface area contributed by atoms with Crippen LogP contribution in [0, 0.1) is 0 Å². The summed E-state index contributed by atoms with van der Waals surface area (Å²) in [7, 11) is 3.09. The van der Waals surface area contributed by atoms with E-state index in [9.17, 15) is 4.79 Å². The molecule has 12 heteroatoms. The van der Waals surface area contributed by atoms with Gasteiger partial charge in [0.25, 0.3) is 0 Å². The number of urea groups is 1. The van der Waals surface area contributed by atoms with Crippen molar-refractivity contribution >= 4 is 41.1 Å². The number of fused-ring (bicyclic) bond motifs is 1. The van der Waals surface area contributed by atoms with Crippen molar-refractivity contribution in [2.24, 2.45) is 5.73 Å². The molecule has 0 bridgehead atoms. The Morgan fingerprint density at radius 2 is 1.81 bits per heavy atom. The Kier molecular flexibility index (Phi) is 9.82. The van der Waals surface area contributed by atoms with Gasteiger partial charge in [0.05, 0.1) is 42.6 Å². The number of ether oxygens (including phenoxy) is 2. The first-order chi connectivity index (χ1) is 17.1. The fraction of sp³-hybridized carbons (Fsp3) is 0.500. The third kappa shape index (κ3) is 5.86. The molecule has 4 N–H and O–H groups in total. The molecule has 2 amide bonds. The second kappa shape index (κ2) is 12.8. The number of carbonyl (C=O) groups is 1. The van der Waals surface area contributed by atoms with Crippen molar-refractivity contribution in [1.29, 1.82) is 0 Å². The average molecular weight is 519 g/mol. The van der Waals surface area contributed by atoms with E-state index in [0.29, 0.717) is 24.8 Å². The molecule has 11 nitrogen and oxygen atoms in total. The predicted molar refractivity (Wildman–Crippen MR) is 143 cm³/mol. The molecule has 1 atom stereocenters. The lowest BCUT2D eigenvalue weighted by Gasteiger charge is -2.33. The zero-order valence-corrected chi connectivity index (χ0v) is 21.8. The van der Waals surface area contributed by atoms with Crippen LogP contribution >= 0.6 is 12.4 Å². The first kappa shape index (κ1) is 27.6. The van der Waals surface area contributed by atoms with Crippen LogP contribution in [0.1, 0.15) is 25.8 Å². The van der Waals surface area contributed by atoms with Crippen LogP contribution in [-0.4, -0.2) is 78.9 Å². The highest BCUT2D eigenvalue weighted by molar-refractivity contribution is 5.93. The lowest BCUT2D eigenvalue weighted by Crippen LogP contribution is -2.44. The highest BCUT2D eigenvalue weighted by atomic mass is 35.5. The Morgan fingerprint density at radius 1 is 1.08 bits per heavy atom. The van der Waals surface area contributed by atoms with Crippen molar-refractivity contribution in [2.45, 2.75) is 31.8 Å². The van der Waals surface area contributed by atoms with Crippen molar-refractivity contribution in [1.82, 2.24) is 25.1 Å². The van der Waals surface area contributed by atoms with Gasteiger partial charge in [-0.2, -0.15) is 10.1 Å². The van der Waals surface area contributed by atoms with Gasteiger partial charge >= 0.3 is 6.03 Å². The molecule has 0 aliphatic carbocycles. The number of halogens is 1. The van der Waals surface area contributed by atoms with E-state index in [1.165, 1.54) is 7.05 Å². The minimum absolute atomic E-state index is 0. The molecule has 0 saturated carbocycles. The summed E-state index contributed by atoms with van der Waals surface area (Å²) in [5.41, 5.74) is 7.83. The number of anilines is 2. The van der Waals surface area contributed by atoms with Gasteiger partial charge in [-0.3, -0.25) is 0 Å². The lowest BCUT2D eigenvalue weighted by molar-refractivity contribution is 0.0673. The van der Waals surface area contributed by atoms with E-state index in [4.69, 9.17) is 24.5 Å². The van der Waals surface area contributed by atoms with Crippen LogP contribution in [0.15, 0.2) is 30.5 Å². The minimum atomic E-state index is -0.256. The van der Waals surface area contributed by atoms with Gasteiger partial charge in [-0.15, -0.1) is 12.4 Å². The quantitative estimate of drug-likeness (QED) is 0.480. The summed E-state index contributed by atoms with van der Waals surface area (Å²) in [4.78, 5) is 23.8. The van der Waals surface area contributed by atoms with Crippen LogP contribution in [0.3, 0.4) is 0 Å². The monoisotopic (exact) mass is 518 g/mol. The number of morpholine rings is 1. The third-order valence-corrected chi connectivity index (χ3v) is 6.25. The van der Waals surface area contributed by atoms with Crippen molar-refractivity contribution in [3.05, 3.63) is 30.5 Å². The first-order valence-electron chi connectivity index (χ1n) is 12.0. The topological polar surface area (TPSA) is 132 Å². The van der Waals surface area contributed by atoms with E-state index in [1.807, 2.05) is 35.1 Å². The molecule has 3 aromatic rings. The minimum Gasteiger partial charge on any atom is -0.381 e. The van der Waals surface area contributed by atoms with Crippen molar-refractivity contribution in [3.8, 4) is 11.3 Å². The number of benzene rings is 1. The molecular formula is C24H35ClN8O3. The van der Waals surface area contributed by atoms with E-state index >= 15 is 0 Å². The Bertz CT molecular complexity index is 1130. The van der Waals surface area contributed by atoms with Crippen LogP contribution in [0.25, 0.3) is 22.3 Å². The SMILES string of the molecule is CN.CNC(=O)Nc1ccc(-c2nc(N3CCOC[C@@H]3C)nc3c2cnn3C2CCOCC2)cc1.Cl. The molecule has 2 aromatic heterocycles. The van der Waals surface area contributed by atoms with Gasteiger partial charge in [0.15, 0.2) is 5.65 Å². The summed E-state index contributed by atoms with van der Waals surface area (Å²) in [6, 6.07) is 7.86. The summed E-state index contributed by atoms with van der Waals surface area (Å²) in [6.07, 6.45) is 3.70. The largest absolute Gasteiger partial charge is 0.381 e. The second-order valence-electron chi connectivity index (χ2n) is 8.44. The van der Waals surface area contributed by atoms with Gasteiger partial charge in [-0.1, -0.05) is 12.1 Å². The molecule has 2 saturated heterocycles. The number of hydrogen-bond acceptors (Lipinski definition) is 8. The smallest absolute Gasteiger partial charge is 0.318 e. The fourth-order valence-corrected chi connectivity index (χ4v) is 4.39. The van der Waals surface area contributed by atoms with Gasteiger partial charge < -0.3 is 30.7 Å². The number of hydrogen-bond donors (Lipinski definition) is 3. The molecule has 5 rings (SSSR count). The molecule has 0 unspecified atom stereocenters. The van der Waals surface area contributed by atoms with Crippen LogP contribution < -0.4 is 21.3 Å². The average Bonchev–Trinajstić information content (AvgIpc) is 3.34. The zero-order chi connectivity index (χ0) is 24.8. The summed E-state index contributed by atoms with van der Waals surface area (Å²) >= 11 is 0. The number of nitrogens with one attached hydrogen (secondary N) is 2. The van der Waals surface area contributed by atoms with E-state index in [0.717, 1.165) is 54.9 Å². The fourth-order valence-electron chi connectivity index (χ4n) is 4.39. The molecule has 4 heterocycles. The maximum atomic E-state index is 11.6. The summed E-state index contributed by atoms with van der Waals surface area (Å²) in [6.45, 7) is 5.64. The maximum Gasteiger partial charge on any atom is 0.318 e. The number of rotatable bonds is 4.